The maximum absolute atomic E-state index is 13.4. The zero-order chi connectivity index (χ0) is 27.8. The molecule has 2 aromatic carbocycles. The van der Waals surface area contributed by atoms with E-state index >= 15 is 0 Å². The highest BCUT2D eigenvalue weighted by molar-refractivity contribution is 5.79. The van der Waals surface area contributed by atoms with E-state index in [9.17, 15) is 14.7 Å². The van der Waals surface area contributed by atoms with Crippen molar-refractivity contribution in [2.75, 3.05) is 46.6 Å². The number of para-hydroxylation sites is 1. The third-order valence-electron chi connectivity index (χ3n) is 7.87. The molecule has 1 amide bonds. The second-order valence-corrected chi connectivity index (χ2v) is 10.3. The summed E-state index contributed by atoms with van der Waals surface area (Å²) < 4.78 is 16.5. The lowest BCUT2D eigenvalue weighted by Crippen LogP contribution is -2.45. The second-order valence-electron chi connectivity index (χ2n) is 10.3. The molecule has 0 aliphatic carbocycles. The molecule has 212 valence electrons. The lowest BCUT2D eigenvalue weighted by atomic mass is 9.83. The number of fused-ring (bicyclic) bond motifs is 1. The largest absolute Gasteiger partial charge is 0.496 e. The highest BCUT2D eigenvalue weighted by Gasteiger charge is 2.47. The molecule has 2 aromatic rings. The van der Waals surface area contributed by atoms with Crippen LogP contribution >= 0.6 is 0 Å². The molecule has 3 N–H and O–H groups in total. The van der Waals surface area contributed by atoms with Crippen LogP contribution in [0.15, 0.2) is 42.5 Å². The van der Waals surface area contributed by atoms with Crippen LogP contribution in [0.2, 0.25) is 0 Å². The maximum atomic E-state index is 13.4. The van der Waals surface area contributed by atoms with Crippen LogP contribution in [0.4, 0.5) is 0 Å². The molecule has 1 fully saturated rings. The van der Waals surface area contributed by atoms with Crippen LogP contribution < -0.4 is 19.9 Å². The molecule has 2 aliphatic heterocycles. The molecule has 2 heterocycles. The highest BCUT2D eigenvalue weighted by Crippen LogP contribution is 2.43. The van der Waals surface area contributed by atoms with Crippen molar-refractivity contribution >= 4 is 11.9 Å². The van der Waals surface area contributed by atoms with Gasteiger partial charge in [0, 0.05) is 38.1 Å². The molecule has 2 aliphatic rings. The van der Waals surface area contributed by atoms with Gasteiger partial charge in [0.25, 0.3) is 0 Å². The van der Waals surface area contributed by atoms with Crippen molar-refractivity contribution in [3.05, 3.63) is 53.6 Å². The quantitative estimate of drug-likeness (QED) is 0.375. The summed E-state index contributed by atoms with van der Waals surface area (Å²) in [6.07, 6.45) is 4.08. The number of likely N-dealkylation sites (tertiary alicyclic amines) is 1. The zero-order valence-electron chi connectivity index (χ0n) is 23.0. The number of amides is 1. The zero-order valence-corrected chi connectivity index (χ0v) is 23.0. The van der Waals surface area contributed by atoms with Crippen LogP contribution in [0.1, 0.15) is 49.7 Å². The van der Waals surface area contributed by atoms with E-state index in [-0.39, 0.29) is 31.2 Å². The molecule has 0 radical (unpaired) electrons. The number of ether oxygens (including phenoxy) is 3. The van der Waals surface area contributed by atoms with Crippen LogP contribution in [0.25, 0.3) is 0 Å². The first-order valence-electron chi connectivity index (χ1n) is 13.9. The summed E-state index contributed by atoms with van der Waals surface area (Å²) >= 11 is 0. The Morgan fingerprint density at radius 3 is 2.67 bits per heavy atom. The number of carbonyl (C=O) groups is 2. The SMILES string of the molecule is CCCCN(CCN)C(=O)CN1C[C@H](c2ccc3c(c2)OCO3)C(C(=O)O)[C@@H]1CCCc1ccccc1OC. The molecular formula is C30H41N3O6. The van der Waals surface area contributed by atoms with E-state index in [1.807, 2.05) is 47.4 Å². The first-order valence-corrected chi connectivity index (χ1v) is 13.9. The van der Waals surface area contributed by atoms with Crippen molar-refractivity contribution in [1.29, 1.82) is 0 Å². The maximum Gasteiger partial charge on any atom is 0.308 e. The Labute approximate surface area is 230 Å². The average molecular weight is 540 g/mol. The number of unbranched alkanes of at least 4 members (excludes halogenated alkanes) is 1. The molecule has 39 heavy (non-hydrogen) atoms. The molecule has 0 saturated carbocycles. The van der Waals surface area contributed by atoms with Crippen molar-refractivity contribution in [3.8, 4) is 17.2 Å². The van der Waals surface area contributed by atoms with Gasteiger partial charge < -0.3 is 30.0 Å². The van der Waals surface area contributed by atoms with E-state index < -0.39 is 11.9 Å². The van der Waals surface area contributed by atoms with Gasteiger partial charge >= 0.3 is 5.97 Å². The van der Waals surface area contributed by atoms with Crippen molar-refractivity contribution in [2.45, 2.75) is 51.0 Å². The topological polar surface area (TPSA) is 115 Å². The van der Waals surface area contributed by atoms with Gasteiger partial charge in [-0.05, 0) is 55.0 Å². The lowest BCUT2D eigenvalue weighted by Gasteiger charge is -2.29. The summed E-state index contributed by atoms with van der Waals surface area (Å²) in [5, 5.41) is 10.5. The Hall–Kier alpha value is -3.30. The third kappa shape index (κ3) is 6.83. The number of carbonyl (C=O) groups excluding carboxylic acids is 1. The number of benzene rings is 2. The van der Waals surface area contributed by atoms with Crippen molar-refractivity contribution in [3.63, 3.8) is 0 Å². The van der Waals surface area contributed by atoms with Gasteiger partial charge in [-0.3, -0.25) is 14.5 Å². The lowest BCUT2D eigenvalue weighted by molar-refractivity contribution is -0.143. The van der Waals surface area contributed by atoms with E-state index in [0.29, 0.717) is 44.1 Å². The first kappa shape index (κ1) is 28.7. The number of carboxylic acid groups (broad SMARTS) is 1. The molecule has 9 heteroatoms. The van der Waals surface area contributed by atoms with Crippen molar-refractivity contribution in [1.82, 2.24) is 9.80 Å². The summed E-state index contributed by atoms with van der Waals surface area (Å²) in [4.78, 5) is 30.1. The number of nitrogens with zero attached hydrogens (tertiary/aromatic N) is 2. The Bertz CT molecular complexity index is 1130. The fourth-order valence-corrected chi connectivity index (χ4v) is 5.88. The van der Waals surface area contributed by atoms with E-state index in [1.165, 1.54) is 0 Å². The fourth-order valence-electron chi connectivity index (χ4n) is 5.88. The molecule has 0 aromatic heterocycles. The first-order chi connectivity index (χ1) is 19.0. The molecule has 1 saturated heterocycles. The summed E-state index contributed by atoms with van der Waals surface area (Å²) in [6, 6.07) is 13.3. The van der Waals surface area contributed by atoms with Gasteiger partial charge in [-0.25, -0.2) is 0 Å². The summed E-state index contributed by atoms with van der Waals surface area (Å²) in [5.74, 6) is 0.343. The van der Waals surface area contributed by atoms with E-state index in [1.54, 1.807) is 7.11 Å². The Morgan fingerprint density at radius 1 is 1.13 bits per heavy atom. The molecule has 9 nitrogen and oxygen atoms in total. The standard InChI is InChI=1S/C30H41N3O6/c1-3-4-15-32(16-14-31)28(34)19-33-18-23(22-12-13-26-27(17-22)39-20-38-26)29(30(35)36)24(33)10-7-9-21-8-5-6-11-25(21)37-2/h5-6,8,11-13,17,23-24,29H,3-4,7,9-10,14-16,18-20,31H2,1-2H3,(H,35,36)/t23-,24+,29?/m1/s1. The minimum Gasteiger partial charge on any atom is -0.496 e. The Morgan fingerprint density at radius 2 is 1.92 bits per heavy atom. The van der Waals surface area contributed by atoms with Crippen LogP contribution in [0.3, 0.4) is 0 Å². The van der Waals surface area contributed by atoms with Crippen LogP contribution in [0, 0.1) is 5.92 Å². The number of carboxylic acids is 1. The minimum absolute atomic E-state index is 0.000830. The summed E-state index contributed by atoms with van der Waals surface area (Å²) in [7, 11) is 1.66. The number of methoxy groups -OCH3 is 1. The Balaban J connectivity index is 1.57. The average Bonchev–Trinajstić information content (AvgIpc) is 3.55. The van der Waals surface area contributed by atoms with Gasteiger partial charge in [0.15, 0.2) is 11.5 Å². The molecule has 0 bridgehead atoms. The van der Waals surface area contributed by atoms with Crippen molar-refractivity contribution in [2.24, 2.45) is 11.7 Å². The molecule has 0 spiro atoms. The van der Waals surface area contributed by atoms with Gasteiger partial charge in [-0.1, -0.05) is 37.6 Å². The molecule has 3 atom stereocenters. The number of hydrogen-bond donors (Lipinski definition) is 2. The van der Waals surface area contributed by atoms with Crippen LogP contribution in [-0.4, -0.2) is 79.5 Å². The number of aryl methyl sites for hydroxylation is 1. The normalized spacial score (nSPS) is 20.2. The number of nitrogens with two attached hydrogens (primary N) is 1. The van der Waals surface area contributed by atoms with E-state index in [4.69, 9.17) is 19.9 Å². The smallest absolute Gasteiger partial charge is 0.308 e. The van der Waals surface area contributed by atoms with Crippen LogP contribution in [-0.2, 0) is 16.0 Å². The second kappa shape index (κ2) is 13.7. The summed E-state index contributed by atoms with van der Waals surface area (Å²) in [6.45, 7) is 4.46. The van der Waals surface area contributed by atoms with Crippen LogP contribution in [0.5, 0.6) is 17.2 Å². The van der Waals surface area contributed by atoms with E-state index in [2.05, 4.69) is 11.8 Å². The molecular weight excluding hydrogens is 498 g/mol. The fraction of sp³-hybridized carbons (Fsp3) is 0.533. The monoisotopic (exact) mass is 539 g/mol. The number of rotatable bonds is 14. The van der Waals surface area contributed by atoms with Gasteiger partial charge in [-0.15, -0.1) is 0 Å². The number of hydrogen-bond acceptors (Lipinski definition) is 7. The summed E-state index contributed by atoms with van der Waals surface area (Å²) in [5.41, 5.74) is 7.79. The predicted octanol–water partition coefficient (Wildman–Crippen LogP) is 3.50. The van der Waals surface area contributed by atoms with Gasteiger partial charge in [0.05, 0.1) is 19.6 Å². The van der Waals surface area contributed by atoms with Gasteiger partial charge in [0.2, 0.25) is 12.7 Å². The number of aliphatic carboxylic acids is 1. The highest BCUT2D eigenvalue weighted by atomic mass is 16.7. The van der Waals surface area contributed by atoms with E-state index in [0.717, 1.165) is 42.6 Å². The predicted molar refractivity (Wildman–Crippen MR) is 148 cm³/mol. The van der Waals surface area contributed by atoms with Gasteiger partial charge in [0.1, 0.15) is 5.75 Å². The minimum atomic E-state index is -0.847. The third-order valence-corrected chi connectivity index (χ3v) is 7.87. The van der Waals surface area contributed by atoms with Gasteiger partial charge in [-0.2, -0.15) is 0 Å². The van der Waals surface area contributed by atoms with Crippen molar-refractivity contribution < 1.29 is 28.9 Å². The Kier molecular flexibility index (Phi) is 10.1. The molecule has 1 unspecified atom stereocenters. The molecule has 4 rings (SSSR count).